The molecule has 0 aromatic rings. The molecule has 60 valence electrons. The van der Waals surface area contributed by atoms with E-state index < -0.39 is 0 Å². The van der Waals surface area contributed by atoms with Gasteiger partial charge >= 0.3 is 0 Å². The first-order chi connectivity index (χ1) is 4.81. The lowest BCUT2D eigenvalue weighted by atomic mass is 10.5. The lowest BCUT2D eigenvalue weighted by Gasteiger charge is -1.86. The second kappa shape index (κ2) is 11.0. The molecular formula is C7H16N2O. The molecule has 10 heavy (non-hydrogen) atoms. The molecule has 0 bridgehead atoms. The van der Waals surface area contributed by atoms with E-state index in [1.807, 2.05) is 13.8 Å². The van der Waals surface area contributed by atoms with Crippen LogP contribution in [0.4, 0.5) is 0 Å². The van der Waals surface area contributed by atoms with E-state index in [2.05, 4.69) is 5.32 Å². The monoisotopic (exact) mass is 144 g/mol. The van der Waals surface area contributed by atoms with Gasteiger partial charge in [-0.25, -0.2) is 0 Å². The third kappa shape index (κ3) is 10.2. The van der Waals surface area contributed by atoms with Gasteiger partial charge in [0.15, 0.2) is 0 Å². The molecule has 3 heteroatoms. The van der Waals surface area contributed by atoms with Crippen LogP contribution in [0.2, 0.25) is 0 Å². The van der Waals surface area contributed by atoms with Gasteiger partial charge in [-0.05, 0) is 0 Å². The van der Waals surface area contributed by atoms with Crippen molar-refractivity contribution in [1.82, 2.24) is 5.32 Å². The fourth-order valence-electron chi connectivity index (χ4n) is 0.258. The van der Waals surface area contributed by atoms with Crippen LogP contribution in [0.25, 0.3) is 0 Å². The molecule has 0 spiro atoms. The minimum atomic E-state index is -0.115. The molecule has 0 atom stereocenters. The van der Waals surface area contributed by atoms with Crippen LogP contribution in [0.3, 0.4) is 0 Å². The second-order valence-corrected chi connectivity index (χ2v) is 1.25. The molecule has 0 saturated heterocycles. The quantitative estimate of drug-likeness (QED) is 0.547. The molecule has 0 aliphatic heterocycles. The van der Waals surface area contributed by atoms with Crippen LogP contribution >= 0.6 is 0 Å². The van der Waals surface area contributed by atoms with Gasteiger partial charge in [-0.2, -0.15) is 0 Å². The van der Waals surface area contributed by atoms with Crippen molar-refractivity contribution in [1.29, 1.82) is 0 Å². The van der Waals surface area contributed by atoms with Crippen molar-refractivity contribution in [3.8, 4) is 0 Å². The van der Waals surface area contributed by atoms with Gasteiger partial charge in [0.1, 0.15) is 0 Å². The number of rotatable bonds is 2. The summed E-state index contributed by atoms with van der Waals surface area (Å²) in [5.41, 5.74) is 5.06. The molecule has 0 aromatic heterocycles. The van der Waals surface area contributed by atoms with Crippen molar-refractivity contribution in [3.63, 3.8) is 0 Å². The third-order valence-corrected chi connectivity index (χ3v) is 0.652. The minimum absolute atomic E-state index is 0.115. The third-order valence-electron chi connectivity index (χ3n) is 0.652. The molecule has 0 heterocycles. The highest BCUT2D eigenvalue weighted by Crippen LogP contribution is 1.66. The fraction of sp³-hybridized carbons (Fsp3) is 0.571. The van der Waals surface area contributed by atoms with E-state index in [1.54, 1.807) is 13.1 Å². The standard InChI is InChI=1S/C5H10N2O.C2H6/c1-7-5(8)3-2-4-6;1-2/h2-3H,4,6H2,1H3,(H,7,8);1-2H3/b3-2+;. The Kier molecular flexibility index (Phi) is 13.1. The molecule has 0 unspecified atom stereocenters. The molecule has 0 fully saturated rings. The van der Waals surface area contributed by atoms with Gasteiger partial charge in [-0.1, -0.05) is 19.9 Å². The molecule has 3 nitrogen and oxygen atoms in total. The maximum atomic E-state index is 10.3. The lowest BCUT2D eigenvalue weighted by Crippen LogP contribution is -2.14. The van der Waals surface area contributed by atoms with E-state index in [-0.39, 0.29) is 5.91 Å². The van der Waals surface area contributed by atoms with E-state index in [0.29, 0.717) is 6.54 Å². The van der Waals surface area contributed by atoms with E-state index in [0.717, 1.165) is 0 Å². The predicted octanol–water partition coefficient (Wildman–Crippen LogP) is 0.273. The first-order valence-corrected chi connectivity index (χ1v) is 3.39. The number of nitrogens with two attached hydrogens (primary N) is 1. The molecule has 0 aliphatic rings. The van der Waals surface area contributed by atoms with Crippen molar-refractivity contribution in [2.75, 3.05) is 13.6 Å². The van der Waals surface area contributed by atoms with Crippen LogP contribution in [-0.2, 0) is 4.79 Å². The van der Waals surface area contributed by atoms with Crippen LogP contribution < -0.4 is 11.1 Å². The zero-order valence-corrected chi connectivity index (χ0v) is 6.85. The van der Waals surface area contributed by atoms with E-state index in [1.165, 1.54) is 6.08 Å². The molecule has 0 radical (unpaired) electrons. The van der Waals surface area contributed by atoms with Crippen molar-refractivity contribution >= 4 is 5.91 Å². The fourth-order valence-corrected chi connectivity index (χ4v) is 0.258. The Labute approximate surface area is 62.3 Å². The summed E-state index contributed by atoms with van der Waals surface area (Å²) in [5.74, 6) is -0.115. The summed E-state index contributed by atoms with van der Waals surface area (Å²) >= 11 is 0. The van der Waals surface area contributed by atoms with Gasteiger partial charge in [0.2, 0.25) is 5.91 Å². The minimum Gasteiger partial charge on any atom is -0.356 e. The van der Waals surface area contributed by atoms with E-state index in [4.69, 9.17) is 5.73 Å². The van der Waals surface area contributed by atoms with E-state index in [9.17, 15) is 4.79 Å². The average Bonchev–Trinajstić information content (AvgIpc) is 2.04. The Morgan fingerprint density at radius 2 is 2.10 bits per heavy atom. The van der Waals surface area contributed by atoms with Crippen molar-refractivity contribution < 1.29 is 4.79 Å². The Bertz CT molecular complexity index is 99.8. The second-order valence-electron chi connectivity index (χ2n) is 1.25. The maximum absolute atomic E-state index is 10.3. The lowest BCUT2D eigenvalue weighted by molar-refractivity contribution is -0.116. The summed E-state index contributed by atoms with van der Waals surface area (Å²) in [6, 6.07) is 0. The highest BCUT2D eigenvalue weighted by atomic mass is 16.1. The maximum Gasteiger partial charge on any atom is 0.243 e. The molecule has 0 rings (SSSR count). The van der Waals surface area contributed by atoms with Crippen molar-refractivity contribution in [2.24, 2.45) is 5.73 Å². The van der Waals surface area contributed by atoms with Gasteiger partial charge in [-0.3, -0.25) is 4.79 Å². The molecular weight excluding hydrogens is 128 g/mol. The summed E-state index contributed by atoms with van der Waals surface area (Å²) in [6.07, 6.45) is 3.00. The molecule has 3 N–H and O–H groups in total. The van der Waals surface area contributed by atoms with Crippen LogP contribution in [0.5, 0.6) is 0 Å². The number of nitrogens with one attached hydrogen (secondary N) is 1. The summed E-state index contributed by atoms with van der Waals surface area (Å²) < 4.78 is 0. The van der Waals surface area contributed by atoms with Crippen molar-refractivity contribution in [3.05, 3.63) is 12.2 Å². The van der Waals surface area contributed by atoms with Gasteiger partial charge in [0.05, 0.1) is 0 Å². The summed E-state index contributed by atoms with van der Waals surface area (Å²) in [6.45, 7) is 4.41. The van der Waals surface area contributed by atoms with Crippen LogP contribution in [0.15, 0.2) is 12.2 Å². The molecule has 0 aromatic carbocycles. The van der Waals surface area contributed by atoms with Gasteiger partial charge in [0.25, 0.3) is 0 Å². The topological polar surface area (TPSA) is 55.1 Å². The highest BCUT2D eigenvalue weighted by Gasteiger charge is 1.82. The zero-order valence-electron chi connectivity index (χ0n) is 6.85. The van der Waals surface area contributed by atoms with Gasteiger partial charge in [0, 0.05) is 19.7 Å². The smallest absolute Gasteiger partial charge is 0.243 e. The predicted molar refractivity (Wildman–Crippen MR) is 43.6 cm³/mol. The first kappa shape index (κ1) is 11.9. The number of likely N-dealkylation sites (N-methyl/N-ethyl adjacent to an activating group) is 1. The number of carbonyl (C=O) groups excluding carboxylic acids is 1. The Hall–Kier alpha value is -0.830. The van der Waals surface area contributed by atoms with Gasteiger partial charge in [-0.15, -0.1) is 0 Å². The largest absolute Gasteiger partial charge is 0.356 e. The van der Waals surface area contributed by atoms with E-state index >= 15 is 0 Å². The highest BCUT2D eigenvalue weighted by molar-refractivity contribution is 5.87. The zero-order chi connectivity index (χ0) is 8.41. The van der Waals surface area contributed by atoms with Crippen LogP contribution in [-0.4, -0.2) is 19.5 Å². The number of amides is 1. The van der Waals surface area contributed by atoms with Crippen molar-refractivity contribution in [2.45, 2.75) is 13.8 Å². The number of hydrogen-bond acceptors (Lipinski definition) is 2. The molecule has 0 aliphatic carbocycles. The first-order valence-electron chi connectivity index (χ1n) is 3.39. The SMILES string of the molecule is CC.CNC(=O)/C=C/CN. The Balaban J connectivity index is 0. The number of carbonyl (C=O) groups is 1. The molecule has 0 saturated carbocycles. The summed E-state index contributed by atoms with van der Waals surface area (Å²) in [5, 5.41) is 2.42. The van der Waals surface area contributed by atoms with Gasteiger partial charge < -0.3 is 11.1 Å². The van der Waals surface area contributed by atoms with Crippen LogP contribution in [0, 0.1) is 0 Å². The average molecular weight is 144 g/mol. The molecule has 1 amide bonds. The van der Waals surface area contributed by atoms with Crippen LogP contribution in [0.1, 0.15) is 13.8 Å². The number of hydrogen-bond donors (Lipinski definition) is 2. The Morgan fingerprint density at radius 3 is 2.40 bits per heavy atom. The Morgan fingerprint density at radius 1 is 1.60 bits per heavy atom. The normalized spacial score (nSPS) is 8.40. The summed E-state index contributed by atoms with van der Waals surface area (Å²) in [4.78, 5) is 10.3. The summed E-state index contributed by atoms with van der Waals surface area (Å²) in [7, 11) is 1.57.